The summed E-state index contributed by atoms with van der Waals surface area (Å²) in [5.41, 5.74) is 3.95. The Labute approximate surface area is 183 Å². The molecular formula is C23H23N5O4. The SMILES string of the molecule is CCC(Cc1ccc(-c2ccccc2-c2noc(=O)[nH]2)cc1)Nc1c(C(=O)O)cnn1C. The van der Waals surface area contributed by atoms with E-state index in [1.807, 2.05) is 48.5 Å². The molecule has 0 amide bonds. The molecule has 0 radical (unpaired) electrons. The fourth-order valence-electron chi connectivity index (χ4n) is 3.65. The van der Waals surface area contributed by atoms with E-state index in [-0.39, 0.29) is 11.6 Å². The van der Waals surface area contributed by atoms with E-state index in [9.17, 15) is 14.7 Å². The lowest BCUT2D eigenvalue weighted by molar-refractivity contribution is 0.0698. The molecule has 0 aliphatic carbocycles. The number of nitrogens with one attached hydrogen (secondary N) is 2. The number of aromatic carboxylic acids is 1. The van der Waals surface area contributed by atoms with Gasteiger partial charge in [0, 0.05) is 18.7 Å². The number of rotatable bonds is 8. The van der Waals surface area contributed by atoms with E-state index in [1.165, 1.54) is 6.20 Å². The monoisotopic (exact) mass is 433 g/mol. The number of carboxylic acid groups (broad SMARTS) is 1. The van der Waals surface area contributed by atoms with E-state index in [1.54, 1.807) is 11.7 Å². The number of hydrogen-bond donors (Lipinski definition) is 3. The fraction of sp³-hybridized carbons (Fsp3) is 0.217. The van der Waals surface area contributed by atoms with Gasteiger partial charge in [-0.1, -0.05) is 60.6 Å². The van der Waals surface area contributed by atoms with Gasteiger partial charge in [0.25, 0.3) is 0 Å². The zero-order valence-corrected chi connectivity index (χ0v) is 17.7. The van der Waals surface area contributed by atoms with Gasteiger partial charge in [0.05, 0.1) is 6.20 Å². The van der Waals surface area contributed by atoms with Gasteiger partial charge in [-0.3, -0.25) is 14.2 Å². The molecule has 9 heteroatoms. The lowest BCUT2D eigenvalue weighted by atomic mass is 9.96. The standard InChI is InChI=1S/C23H23N5O4/c1-3-16(25-21-19(22(29)30)13-24-28(21)2)12-14-8-10-15(11-9-14)17-6-4-5-7-18(17)20-26-23(31)32-27-20/h4-11,13,16,25H,3,12H2,1-2H3,(H,29,30)(H,26,27,31). The van der Waals surface area contributed by atoms with Gasteiger partial charge in [0.15, 0.2) is 5.82 Å². The van der Waals surface area contributed by atoms with Crippen molar-refractivity contribution in [2.75, 3.05) is 5.32 Å². The van der Waals surface area contributed by atoms with Crippen LogP contribution in [0.4, 0.5) is 5.82 Å². The van der Waals surface area contributed by atoms with Crippen LogP contribution in [0, 0.1) is 0 Å². The Morgan fingerprint density at radius 3 is 2.53 bits per heavy atom. The molecule has 0 fully saturated rings. The molecule has 2 aromatic carbocycles. The van der Waals surface area contributed by atoms with E-state index in [0.717, 1.165) is 35.1 Å². The molecule has 4 rings (SSSR count). The first-order chi connectivity index (χ1) is 15.5. The highest BCUT2D eigenvalue weighted by Crippen LogP contribution is 2.30. The van der Waals surface area contributed by atoms with Crippen molar-refractivity contribution in [1.29, 1.82) is 0 Å². The largest absolute Gasteiger partial charge is 0.477 e. The molecule has 0 saturated heterocycles. The van der Waals surface area contributed by atoms with Crippen molar-refractivity contribution in [3.05, 3.63) is 76.4 Å². The lowest BCUT2D eigenvalue weighted by Gasteiger charge is -2.19. The van der Waals surface area contributed by atoms with E-state index in [0.29, 0.717) is 11.6 Å². The number of carboxylic acids is 1. The Morgan fingerprint density at radius 1 is 1.19 bits per heavy atom. The molecule has 2 heterocycles. The van der Waals surface area contributed by atoms with Crippen LogP contribution in [-0.2, 0) is 13.5 Å². The van der Waals surface area contributed by atoms with Crippen LogP contribution in [0.5, 0.6) is 0 Å². The second-order valence-corrected chi connectivity index (χ2v) is 7.48. The van der Waals surface area contributed by atoms with Gasteiger partial charge in [-0.2, -0.15) is 5.10 Å². The van der Waals surface area contributed by atoms with Crippen molar-refractivity contribution in [3.63, 3.8) is 0 Å². The average molecular weight is 433 g/mol. The third-order valence-electron chi connectivity index (χ3n) is 5.37. The van der Waals surface area contributed by atoms with Crippen LogP contribution in [0.1, 0.15) is 29.3 Å². The molecule has 0 aliphatic heterocycles. The minimum atomic E-state index is -1.01. The second kappa shape index (κ2) is 8.93. The van der Waals surface area contributed by atoms with Gasteiger partial charge in [-0.15, -0.1) is 0 Å². The molecule has 4 aromatic rings. The average Bonchev–Trinajstić information content (AvgIpc) is 3.39. The molecule has 1 atom stereocenters. The number of hydrogen-bond acceptors (Lipinski definition) is 6. The van der Waals surface area contributed by atoms with Crippen molar-refractivity contribution >= 4 is 11.8 Å². The summed E-state index contributed by atoms with van der Waals surface area (Å²) >= 11 is 0. The summed E-state index contributed by atoms with van der Waals surface area (Å²) in [7, 11) is 1.72. The van der Waals surface area contributed by atoms with Crippen LogP contribution >= 0.6 is 0 Å². The Hall–Kier alpha value is -4.14. The van der Waals surface area contributed by atoms with Crippen molar-refractivity contribution in [2.45, 2.75) is 25.8 Å². The minimum absolute atomic E-state index is 0.0434. The maximum absolute atomic E-state index is 11.4. The summed E-state index contributed by atoms with van der Waals surface area (Å²) in [5.74, 6) is -0.721. The Kier molecular flexibility index (Phi) is 5.89. The molecule has 3 N–H and O–H groups in total. The van der Waals surface area contributed by atoms with Gasteiger partial charge in [0.1, 0.15) is 11.4 Å². The van der Waals surface area contributed by atoms with Gasteiger partial charge >= 0.3 is 11.7 Å². The molecule has 2 aromatic heterocycles. The second-order valence-electron chi connectivity index (χ2n) is 7.48. The number of benzene rings is 2. The highest BCUT2D eigenvalue weighted by atomic mass is 16.5. The maximum Gasteiger partial charge on any atom is 0.439 e. The smallest absolute Gasteiger partial charge is 0.439 e. The third-order valence-corrected chi connectivity index (χ3v) is 5.37. The van der Waals surface area contributed by atoms with Crippen molar-refractivity contribution < 1.29 is 14.4 Å². The fourth-order valence-corrected chi connectivity index (χ4v) is 3.65. The Bertz CT molecular complexity index is 1290. The summed E-state index contributed by atoms with van der Waals surface area (Å²) in [4.78, 5) is 25.4. The summed E-state index contributed by atoms with van der Waals surface area (Å²) in [6.45, 7) is 2.05. The Morgan fingerprint density at radius 2 is 1.91 bits per heavy atom. The summed E-state index contributed by atoms with van der Waals surface area (Å²) < 4.78 is 6.19. The van der Waals surface area contributed by atoms with Crippen molar-refractivity contribution in [3.8, 4) is 22.5 Å². The third kappa shape index (κ3) is 4.31. The molecule has 0 spiro atoms. The number of aromatic nitrogens is 4. The van der Waals surface area contributed by atoms with Gasteiger partial charge < -0.3 is 10.4 Å². The molecule has 9 nitrogen and oxygen atoms in total. The first-order valence-corrected chi connectivity index (χ1v) is 10.2. The normalized spacial score (nSPS) is 11.9. The number of anilines is 1. The minimum Gasteiger partial charge on any atom is -0.477 e. The predicted molar refractivity (Wildman–Crippen MR) is 120 cm³/mol. The number of aryl methyl sites for hydroxylation is 1. The molecule has 164 valence electrons. The zero-order valence-electron chi connectivity index (χ0n) is 17.7. The van der Waals surface area contributed by atoms with Crippen LogP contribution in [0.2, 0.25) is 0 Å². The quantitative estimate of drug-likeness (QED) is 0.388. The van der Waals surface area contributed by atoms with Gasteiger partial charge in [-0.25, -0.2) is 9.59 Å². The number of aromatic amines is 1. The van der Waals surface area contributed by atoms with E-state index < -0.39 is 11.7 Å². The van der Waals surface area contributed by atoms with E-state index in [2.05, 4.69) is 32.0 Å². The first-order valence-electron chi connectivity index (χ1n) is 10.2. The summed E-state index contributed by atoms with van der Waals surface area (Å²) in [5, 5.41) is 20.6. The van der Waals surface area contributed by atoms with Crippen molar-refractivity contribution in [2.24, 2.45) is 7.05 Å². The molecule has 0 saturated carbocycles. The van der Waals surface area contributed by atoms with E-state index >= 15 is 0 Å². The zero-order chi connectivity index (χ0) is 22.7. The topological polar surface area (TPSA) is 126 Å². The highest BCUT2D eigenvalue weighted by molar-refractivity contribution is 5.93. The van der Waals surface area contributed by atoms with Crippen LogP contribution in [0.25, 0.3) is 22.5 Å². The predicted octanol–water partition coefficient (Wildman–Crippen LogP) is 3.56. The van der Waals surface area contributed by atoms with Crippen LogP contribution in [0.15, 0.2) is 64.0 Å². The lowest BCUT2D eigenvalue weighted by Crippen LogP contribution is -2.24. The van der Waals surface area contributed by atoms with Gasteiger partial charge in [0.2, 0.25) is 0 Å². The molecule has 32 heavy (non-hydrogen) atoms. The van der Waals surface area contributed by atoms with Gasteiger partial charge in [-0.05, 0) is 29.5 Å². The number of carbonyl (C=O) groups is 1. The van der Waals surface area contributed by atoms with Crippen molar-refractivity contribution in [1.82, 2.24) is 19.9 Å². The summed E-state index contributed by atoms with van der Waals surface area (Å²) in [6.07, 6.45) is 2.89. The number of H-pyrrole nitrogens is 1. The Balaban J connectivity index is 1.54. The first kappa shape index (κ1) is 21.1. The highest BCUT2D eigenvalue weighted by Gasteiger charge is 2.18. The summed E-state index contributed by atoms with van der Waals surface area (Å²) in [6, 6.07) is 15.8. The maximum atomic E-state index is 11.4. The van der Waals surface area contributed by atoms with Crippen LogP contribution < -0.4 is 11.1 Å². The molecule has 1 unspecified atom stereocenters. The molecule has 0 bridgehead atoms. The van der Waals surface area contributed by atoms with Crippen LogP contribution in [-0.4, -0.2) is 37.0 Å². The molecule has 0 aliphatic rings. The van der Waals surface area contributed by atoms with Crippen LogP contribution in [0.3, 0.4) is 0 Å². The number of nitrogens with zero attached hydrogens (tertiary/aromatic N) is 3. The van der Waals surface area contributed by atoms with E-state index in [4.69, 9.17) is 0 Å². The molecular weight excluding hydrogens is 410 g/mol.